The highest BCUT2D eigenvalue weighted by atomic mass is 35.5. The van der Waals surface area contributed by atoms with Crippen molar-refractivity contribution >= 4 is 29.7 Å². The predicted molar refractivity (Wildman–Crippen MR) is 85.9 cm³/mol. The number of nitrogens with one attached hydrogen (secondary N) is 1. The molecule has 25 heavy (non-hydrogen) atoms. The predicted octanol–water partition coefficient (Wildman–Crippen LogP) is 3.09. The van der Waals surface area contributed by atoms with Crippen LogP contribution >= 0.6 is 11.6 Å². The second-order valence-electron chi connectivity index (χ2n) is 5.01. The first-order valence-electron chi connectivity index (χ1n) is 7.07. The van der Waals surface area contributed by atoms with Crippen LogP contribution in [0.5, 0.6) is 0 Å². The van der Waals surface area contributed by atoms with Crippen molar-refractivity contribution in [3.8, 4) is 0 Å². The first kappa shape index (κ1) is 18.7. The Labute approximate surface area is 146 Å². The van der Waals surface area contributed by atoms with Gasteiger partial charge in [0.1, 0.15) is 6.54 Å². The summed E-state index contributed by atoms with van der Waals surface area (Å²) in [6.07, 6.45) is -1.14. The number of hydrogen-bond donors (Lipinski definition) is 1. The van der Waals surface area contributed by atoms with E-state index in [1.807, 2.05) is 0 Å². The van der Waals surface area contributed by atoms with Gasteiger partial charge in [-0.1, -0.05) is 35.9 Å². The van der Waals surface area contributed by atoms with Crippen LogP contribution in [0.1, 0.15) is 17.6 Å². The Balaban J connectivity index is 1.94. The van der Waals surface area contributed by atoms with Crippen LogP contribution in [-0.2, 0) is 16.1 Å². The Bertz CT molecular complexity index is 757. The quantitative estimate of drug-likeness (QED) is 0.761. The molecule has 2 rings (SSSR count). The van der Waals surface area contributed by atoms with Crippen LogP contribution in [0.2, 0.25) is 5.02 Å². The van der Waals surface area contributed by atoms with Crippen molar-refractivity contribution in [2.45, 2.75) is 13.0 Å². The van der Waals surface area contributed by atoms with E-state index in [4.69, 9.17) is 11.6 Å². The number of carbonyl (C=O) groups excluding carboxylic acids is 2. The molecule has 0 aliphatic heterocycles. The summed E-state index contributed by atoms with van der Waals surface area (Å²) in [5.41, 5.74) is 0.484. The van der Waals surface area contributed by atoms with Crippen LogP contribution in [0.3, 0.4) is 0 Å². The van der Waals surface area contributed by atoms with E-state index in [0.29, 0.717) is 5.56 Å². The zero-order valence-corrected chi connectivity index (χ0v) is 13.5. The monoisotopic (exact) mass is 371 g/mol. The molecule has 0 aliphatic carbocycles. The summed E-state index contributed by atoms with van der Waals surface area (Å²) >= 11 is 5.58. The molecule has 0 atom stereocenters. The van der Waals surface area contributed by atoms with Gasteiger partial charge in [-0.25, -0.2) is 18.2 Å². The maximum Gasteiger partial charge on any atom is 0.263 e. The highest BCUT2D eigenvalue weighted by Crippen LogP contribution is 2.19. The lowest BCUT2D eigenvalue weighted by atomic mass is 10.1. The molecule has 1 aromatic heterocycles. The van der Waals surface area contributed by atoms with Crippen LogP contribution in [-0.4, -0.2) is 23.8 Å². The molecule has 1 aromatic carbocycles. The van der Waals surface area contributed by atoms with E-state index in [0.717, 1.165) is 17.2 Å². The number of alkyl halides is 2. The van der Waals surface area contributed by atoms with E-state index in [2.05, 4.69) is 10.3 Å². The third-order valence-electron chi connectivity index (χ3n) is 3.22. The second-order valence-corrected chi connectivity index (χ2v) is 5.45. The van der Waals surface area contributed by atoms with Crippen molar-refractivity contribution in [1.29, 1.82) is 0 Å². The molecule has 0 radical (unpaired) electrons. The number of hydrogen-bond acceptors (Lipinski definition) is 3. The van der Waals surface area contributed by atoms with Crippen LogP contribution < -0.4 is 10.2 Å². The Kier molecular flexibility index (Phi) is 6.35. The van der Waals surface area contributed by atoms with Gasteiger partial charge < -0.3 is 5.32 Å². The number of benzene rings is 1. The fourth-order valence-corrected chi connectivity index (χ4v) is 2.12. The van der Waals surface area contributed by atoms with Gasteiger partial charge in [0.2, 0.25) is 12.3 Å². The van der Waals surface area contributed by atoms with Crippen LogP contribution in [0, 0.1) is 5.82 Å². The summed E-state index contributed by atoms with van der Waals surface area (Å²) in [5.74, 6) is -1.73. The summed E-state index contributed by atoms with van der Waals surface area (Å²) in [5, 5.41) is 2.57. The van der Waals surface area contributed by atoms with Crippen molar-refractivity contribution in [3.05, 3.63) is 58.5 Å². The molecule has 132 valence electrons. The molecule has 0 spiro atoms. The van der Waals surface area contributed by atoms with Crippen LogP contribution in [0.4, 0.5) is 19.0 Å². The maximum atomic E-state index is 13.8. The van der Waals surface area contributed by atoms with Gasteiger partial charge in [-0.05, 0) is 11.6 Å². The van der Waals surface area contributed by atoms with Gasteiger partial charge >= 0.3 is 0 Å². The SMILES string of the molecule is O=CN(CC(=O)NCc1ccc(C(F)F)cc1)c1ncc(Cl)cc1F. The summed E-state index contributed by atoms with van der Waals surface area (Å²) in [7, 11) is 0. The molecule has 0 saturated heterocycles. The first-order chi connectivity index (χ1) is 11.9. The minimum atomic E-state index is -2.56. The Morgan fingerprint density at radius 1 is 1.32 bits per heavy atom. The van der Waals surface area contributed by atoms with E-state index < -0.39 is 24.7 Å². The van der Waals surface area contributed by atoms with E-state index >= 15 is 0 Å². The van der Waals surface area contributed by atoms with Gasteiger partial charge in [-0.15, -0.1) is 0 Å². The second kappa shape index (κ2) is 8.48. The van der Waals surface area contributed by atoms with E-state index in [1.54, 1.807) is 0 Å². The molecule has 9 heteroatoms. The fourth-order valence-electron chi connectivity index (χ4n) is 1.97. The third-order valence-corrected chi connectivity index (χ3v) is 3.43. The summed E-state index contributed by atoms with van der Waals surface area (Å²) < 4.78 is 38.7. The van der Waals surface area contributed by atoms with Crippen molar-refractivity contribution in [3.63, 3.8) is 0 Å². The zero-order valence-electron chi connectivity index (χ0n) is 12.8. The highest BCUT2D eigenvalue weighted by Gasteiger charge is 2.16. The molecule has 1 heterocycles. The lowest BCUT2D eigenvalue weighted by molar-refractivity contribution is -0.121. The van der Waals surface area contributed by atoms with Crippen molar-refractivity contribution in [2.24, 2.45) is 0 Å². The van der Waals surface area contributed by atoms with Gasteiger partial charge in [0.15, 0.2) is 11.6 Å². The number of amides is 2. The summed E-state index contributed by atoms with van der Waals surface area (Å²) in [6.45, 7) is -0.379. The lowest BCUT2D eigenvalue weighted by Crippen LogP contribution is -2.37. The lowest BCUT2D eigenvalue weighted by Gasteiger charge is -2.16. The minimum absolute atomic E-state index is 0.0591. The standard InChI is InChI=1S/C16H13ClF3N3O2/c17-12-5-13(18)16(22-7-12)23(9-24)8-14(25)21-6-10-1-3-11(4-2-10)15(19)20/h1-5,7,9,15H,6,8H2,(H,21,25). The number of rotatable bonds is 7. The van der Waals surface area contributed by atoms with Crippen molar-refractivity contribution in [1.82, 2.24) is 10.3 Å². The van der Waals surface area contributed by atoms with E-state index in [9.17, 15) is 22.8 Å². The number of anilines is 1. The smallest absolute Gasteiger partial charge is 0.263 e. The minimum Gasteiger partial charge on any atom is -0.350 e. The molecule has 0 aliphatic rings. The van der Waals surface area contributed by atoms with Gasteiger partial charge in [-0.2, -0.15) is 0 Å². The fraction of sp³-hybridized carbons (Fsp3) is 0.188. The van der Waals surface area contributed by atoms with Crippen molar-refractivity contribution < 1.29 is 22.8 Å². The molecule has 0 bridgehead atoms. The third kappa shape index (κ3) is 5.18. The van der Waals surface area contributed by atoms with Gasteiger partial charge in [-0.3, -0.25) is 14.5 Å². The topological polar surface area (TPSA) is 62.3 Å². The zero-order chi connectivity index (χ0) is 18.4. The van der Waals surface area contributed by atoms with Crippen LogP contribution in [0.25, 0.3) is 0 Å². The number of pyridine rings is 1. The molecule has 1 N–H and O–H groups in total. The molecule has 2 amide bonds. The van der Waals surface area contributed by atoms with Crippen LogP contribution in [0.15, 0.2) is 36.5 Å². The number of nitrogens with zero attached hydrogens (tertiary/aromatic N) is 2. The van der Waals surface area contributed by atoms with E-state index in [-0.39, 0.29) is 29.4 Å². The Morgan fingerprint density at radius 2 is 2.00 bits per heavy atom. The van der Waals surface area contributed by atoms with Gasteiger partial charge in [0.25, 0.3) is 6.43 Å². The molecule has 0 saturated carbocycles. The maximum absolute atomic E-state index is 13.8. The van der Waals surface area contributed by atoms with Gasteiger partial charge in [0, 0.05) is 18.3 Å². The number of aromatic nitrogens is 1. The van der Waals surface area contributed by atoms with Crippen molar-refractivity contribution in [2.75, 3.05) is 11.4 Å². The average Bonchev–Trinajstić information content (AvgIpc) is 2.58. The number of carbonyl (C=O) groups is 2. The molecule has 2 aromatic rings. The first-order valence-corrected chi connectivity index (χ1v) is 7.45. The Hall–Kier alpha value is -2.61. The molecule has 5 nitrogen and oxygen atoms in total. The molecular weight excluding hydrogens is 359 g/mol. The highest BCUT2D eigenvalue weighted by molar-refractivity contribution is 6.30. The Morgan fingerprint density at radius 3 is 2.56 bits per heavy atom. The molecule has 0 fully saturated rings. The summed E-state index contributed by atoms with van der Waals surface area (Å²) in [6, 6.07) is 6.41. The summed E-state index contributed by atoms with van der Waals surface area (Å²) in [4.78, 5) is 27.5. The van der Waals surface area contributed by atoms with Gasteiger partial charge in [0.05, 0.1) is 5.02 Å². The average molecular weight is 372 g/mol. The largest absolute Gasteiger partial charge is 0.350 e. The molecular formula is C16H13ClF3N3O2. The van der Waals surface area contributed by atoms with E-state index in [1.165, 1.54) is 24.3 Å². The number of halogens is 4. The molecule has 0 unspecified atom stereocenters. The normalized spacial score (nSPS) is 10.6.